The second-order valence-electron chi connectivity index (χ2n) is 10.0. The summed E-state index contributed by atoms with van der Waals surface area (Å²) in [5.41, 5.74) is 1.81. The van der Waals surface area contributed by atoms with E-state index in [2.05, 4.69) is 9.71 Å². The van der Waals surface area contributed by atoms with Gasteiger partial charge in [0.05, 0.1) is 34.1 Å². The normalized spacial score (nSPS) is 18.1. The highest BCUT2D eigenvalue weighted by Crippen LogP contribution is 2.40. The number of halogens is 2. The molecular weight excluding hydrogens is 599 g/mol. The van der Waals surface area contributed by atoms with Crippen LogP contribution in [0.15, 0.2) is 66.9 Å². The average Bonchev–Trinajstić information content (AvgIpc) is 3.46. The third-order valence-electron chi connectivity index (χ3n) is 6.72. The Morgan fingerprint density at radius 1 is 1.13 bits per heavy atom. The second kappa shape index (κ2) is 11.1. The maximum atomic E-state index is 13.4. The fourth-order valence-corrected chi connectivity index (χ4v) is 10.4. The third-order valence-corrected chi connectivity index (χ3v) is 12.1. The first-order valence-electron chi connectivity index (χ1n) is 12.0. The van der Waals surface area contributed by atoms with E-state index in [1.807, 2.05) is 30.3 Å². The predicted octanol–water partition coefficient (Wildman–Crippen LogP) is 5.46. The number of hydrogen-bond acceptors (Lipinski definition) is 7. The molecule has 12 heteroatoms. The van der Waals surface area contributed by atoms with Crippen molar-refractivity contribution in [3.63, 3.8) is 0 Å². The van der Waals surface area contributed by atoms with Crippen LogP contribution in [0.5, 0.6) is 0 Å². The number of nitrogens with one attached hydrogen (secondary N) is 1. The molecule has 0 bridgehead atoms. The number of rotatable bonds is 7. The zero-order chi connectivity index (χ0) is 27.3. The molecule has 0 saturated carbocycles. The Labute approximate surface area is 243 Å². The lowest BCUT2D eigenvalue weighted by Crippen LogP contribution is -2.37. The summed E-state index contributed by atoms with van der Waals surface area (Å²) in [6, 6.07) is 17.5. The van der Waals surface area contributed by atoms with Crippen LogP contribution in [0.25, 0.3) is 21.3 Å². The lowest BCUT2D eigenvalue weighted by atomic mass is 9.97. The molecule has 7 nitrogen and oxygen atoms in total. The van der Waals surface area contributed by atoms with E-state index < -0.39 is 42.5 Å². The van der Waals surface area contributed by atoms with Crippen molar-refractivity contribution in [1.29, 1.82) is 0 Å². The monoisotopic (exact) mass is 626 g/mol. The topological polar surface area (TPSA) is 113 Å². The summed E-state index contributed by atoms with van der Waals surface area (Å²) in [5.74, 6) is -0.532. The fourth-order valence-electron chi connectivity index (χ4n) is 4.64. The molecule has 208 valence electrons. The van der Waals surface area contributed by atoms with Crippen LogP contribution in [-0.2, 0) is 25.5 Å². The predicted molar refractivity (Wildman–Crippen MR) is 160 cm³/mol. The van der Waals surface area contributed by atoms with Gasteiger partial charge in [-0.1, -0.05) is 48.0 Å². The molecule has 2 aromatic carbocycles. The molecule has 2 atom stereocenters. The molecule has 3 heterocycles. The lowest BCUT2D eigenvalue weighted by Gasteiger charge is -2.21. The summed E-state index contributed by atoms with van der Waals surface area (Å²) >= 11 is 7.95. The average molecular weight is 628 g/mol. The molecule has 1 fully saturated rings. The van der Waals surface area contributed by atoms with Gasteiger partial charge in [-0.15, -0.1) is 23.7 Å². The van der Waals surface area contributed by atoms with Crippen molar-refractivity contribution in [3.05, 3.63) is 87.9 Å². The van der Waals surface area contributed by atoms with Crippen LogP contribution in [0.3, 0.4) is 0 Å². The molecule has 0 aliphatic carbocycles. The molecule has 0 radical (unpaired) electrons. The molecular formula is C27H28Cl2N2O5S3. The quantitative estimate of drug-likeness (QED) is 0.281. The molecule has 2 N–H and O–H groups in total. The standard InChI is InChI=1S/C27H27ClN2O5S3.ClH/c1-27(2,31)18-10-12-29-23(15-18)21-8-5-6-17-14-24(36-26(17)21)25(20-7-3-4-9-22(20)28)30-38(34,35)19-11-13-37(32,33)16-19;/h3-10,12,14-15,19,25,30-31H,11,13,16H2,1-2H3;1H/t19-,25-;/m1./s1. The second-order valence-corrected chi connectivity index (χ2v) is 15.7. The van der Waals surface area contributed by atoms with Crippen LogP contribution in [-0.4, -0.2) is 43.7 Å². The van der Waals surface area contributed by atoms with Gasteiger partial charge in [0.25, 0.3) is 0 Å². The van der Waals surface area contributed by atoms with Crippen molar-refractivity contribution < 1.29 is 21.9 Å². The summed E-state index contributed by atoms with van der Waals surface area (Å²) in [6.07, 6.45) is 1.72. The molecule has 1 aliphatic heterocycles. The minimum absolute atomic E-state index is 0. The number of sulfone groups is 1. The maximum absolute atomic E-state index is 13.4. The van der Waals surface area contributed by atoms with Gasteiger partial charge < -0.3 is 5.11 Å². The third kappa shape index (κ3) is 6.32. The van der Waals surface area contributed by atoms with Gasteiger partial charge in [-0.3, -0.25) is 4.98 Å². The summed E-state index contributed by atoms with van der Waals surface area (Å²) in [5, 5.41) is 10.8. The van der Waals surface area contributed by atoms with Crippen molar-refractivity contribution in [1.82, 2.24) is 9.71 Å². The highest BCUT2D eigenvalue weighted by Gasteiger charge is 2.39. The molecule has 0 unspecified atom stereocenters. The Hall–Kier alpha value is -2.05. The first kappa shape index (κ1) is 29.9. The van der Waals surface area contributed by atoms with Gasteiger partial charge in [-0.05, 0) is 61.0 Å². The molecule has 1 aliphatic rings. The van der Waals surface area contributed by atoms with E-state index >= 15 is 0 Å². The van der Waals surface area contributed by atoms with Gasteiger partial charge in [0, 0.05) is 26.4 Å². The SMILES string of the molecule is CC(C)(O)c1ccnc(-c2cccc3cc([C@H](NS(=O)(=O)[C@@H]4CCS(=O)(=O)C4)c4ccccc4Cl)sc23)c1.Cl. The number of pyridine rings is 1. The minimum Gasteiger partial charge on any atom is -0.386 e. The van der Waals surface area contributed by atoms with E-state index in [0.29, 0.717) is 21.2 Å². The van der Waals surface area contributed by atoms with Crippen molar-refractivity contribution in [2.24, 2.45) is 0 Å². The Balaban J connectivity index is 0.00000353. The zero-order valence-corrected chi connectivity index (χ0v) is 25.2. The fraction of sp³-hybridized carbons (Fsp3) is 0.296. The Morgan fingerprint density at radius 3 is 2.54 bits per heavy atom. The largest absolute Gasteiger partial charge is 0.386 e. The van der Waals surface area contributed by atoms with E-state index in [4.69, 9.17) is 11.6 Å². The van der Waals surface area contributed by atoms with Gasteiger partial charge in [0.2, 0.25) is 10.0 Å². The first-order valence-corrected chi connectivity index (χ1v) is 16.6. The number of thiophene rings is 1. The van der Waals surface area contributed by atoms with E-state index in [9.17, 15) is 21.9 Å². The molecule has 0 spiro atoms. The van der Waals surface area contributed by atoms with Crippen LogP contribution < -0.4 is 4.72 Å². The van der Waals surface area contributed by atoms with Gasteiger partial charge in [0.1, 0.15) is 0 Å². The number of aliphatic hydroxyl groups is 1. The summed E-state index contributed by atoms with van der Waals surface area (Å²) in [7, 11) is -7.38. The zero-order valence-electron chi connectivity index (χ0n) is 21.2. The first-order chi connectivity index (χ1) is 17.8. The summed E-state index contributed by atoms with van der Waals surface area (Å²) < 4.78 is 54.5. The van der Waals surface area contributed by atoms with Crippen LogP contribution in [0, 0.1) is 0 Å². The molecule has 4 aromatic rings. The van der Waals surface area contributed by atoms with E-state index in [0.717, 1.165) is 21.2 Å². The van der Waals surface area contributed by atoms with E-state index in [-0.39, 0.29) is 24.6 Å². The van der Waals surface area contributed by atoms with Crippen molar-refractivity contribution in [2.45, 2.75) is 37.2 Å². The van der Waals surface area contributed by atoms with Crippen LogP contribution >= 0.6 is 35.3 Å². The molecule has 5 rings (SSSR count). The van der Waals surface area contributed by atoms with Gasteiger partial charge >= 0.3 is 0 Å². The number of fused-ring (bicyclic) bond motifs is 1. The van der Waals surface area contributed by atoms with Crippen LogP contribution in [0.2, 0.25) is 5.02 Å². The molecule has 1 saturated heterocycles. The van der Waals surface area contributed by atoms with Crippen molar-refractivity contribution in [2.75, 3.05) is 11.5 Å². The van der Waals surface area contributed by atoms with Crippen LogP contribution in [0.1, 0.15) is 42.3 Å². The van der Waals surface area contributed by atoms with Crippen LogP contribution in [0.4, 0.5) is 0 Å². The van der Waals surface area contributed by atoms with Gasteiger partial charge in [-0.25, -0.2) is 21.6 Å². The van der Waals surface area contributed by atoms with Gasteiger partial charge in [-0.2, -0.15) is 0 Å². The number of aromatic nitrogens is 1. The highest BCUT2D eigenvalue weighted by atomic mass is 35.5. The van der Waals surface area contributed by atoms with Crippen molar-refractivity contribution in [3.8, 4) is 11.3 Å². The molecule has 39 heavy (non-hydrogen) atoms. The van der Waals surface area contributed by atoms with Crippen molar-refractivity contribution >= 4 is 65.3 Å². The number of benzene rings is 2. The summed E-state index contributed by atoms with van der Waals surface area (Å²) in [6.45, 7) is 3.43. The number of sulfonamides is 1. The number of nitrogens with zero attached hydrogens (tertiary/aromatic N) is 1. The van der Waals surface area contributed by atoms with E-state index in [1.54, 1.807) is 50.4 Å². The lowest BCUT2D eigenvalue weighted by molar-refractivity contribution is 0.0785. The smallest absolute Gasteiger partial charge is 0.216 e. The number of hydrogen-bond donors (Lipinski definition) is 2. The highest BCUT2D eigenvalue weighted by molar-refractivity contribution is 7.95. The minimum atomic E-state index is -3.99. The maximum Gasteiger partial charge on any atom is 0.216 e. The molecule has 0 amide bonds. The molecule has 2 aromatic heterocycles. The Morgan fingerprint density at radius 2 is 1.87 bits per heavy atom. The Kier molecular flexibility index (Phi) is 8.50. The summed E-state index contributed by atoms with van der Waals surface area (Å²) in [4.78, 5) is 5.24. The van der Waals surface area contributed by atoms with Gasteiger partial charge in [0.15, 0.2) is 9.84 Å². The van der Waals surface area contributed by atoms with E-state index in [1.165, 1.54) is 11.3 Å². The Bertz CT molecular complexity index is 1730.